The molecule has 0 heterocycles. The number of benzene rings is 1. The van der Waals surface area contributed by atoms with Crippen LogP contribution >= 0.6 is 23.8 Å². The van der Waals surface area contributed by atoms with Crippen molar-refractivity contribution in [3.63, 3.8) is 0 Å². The van der Waals surface area contributed by atoms with Gasteiger partial charge in [-0.1, -0.05) is 43.2 Å². The predicted octanol–water partition coefficient (Wildman–Crippen LogP) is 5.83. The van der Waals surface area contributed by atoms with Gasteiger partial charge in [-0.25, -0.2) is 4.39 Å². The molecule has 0 aliphatic heterocycles. The number of carbonyl (C=O) groups is 2. The zero-order chi connectivity index (χ0) is 26.6. The first kappa shape index (κ1) is 28.9. The number of esters is 1. The molecular weight excluding hydrogens is 508 g/mol. The summed E-state index contributed by atoms with van der Waals surface area (Å²) in [6, 6.07) is 2.19. The summed E-state index contributed by atoms with van der Waals surface area (Å²) < 4.78 is 59.4. The lowest BCUT2D eigenvalue weighted by Crippen LogP contribution is -2.36. The second-order valence-corrected chi connectivity index (χ2v) is 9.69. The minimum absolute atomic E-state index is 0.00381. The Labute approximate surface area is 211 Å². The van der Waals surface area contributed by atoms with Crippen molar-refractivity contribution in [1.82, 2.24) is 0 Å². The Balaban J connectivity index is 2.52. The van der Waals surface area contributed by atoms with Gasteiger partial charge >= 0.3 is 12.1 Å². The molecule has 0 atom stereocenters. The first-order valence-corrected chi connectivity index (χ1v) is 11.6. The van der Waals surface area contributed by atoms with E-state index in [9.17, 15) is 27.2 Å². The van der Waals surface area contributed by atoms with E-state index in [2.05, 4.69) is 6.58 Å². The van der Waals surface area contributed by atoms with E-state index in [0.717, 1.165) is 25.8 Å². The van der Waals surface area contributed by atoms with E-state index in [4.69, 9.17) is 34.3 Å². The second kappa shape index (κ2) is 11.6. The molecule has 1 saturated carbocycles. The van der Waals surface area contributed by atoms with Gasteiger partial charge in [-0.2, -0.15) is 13.2 Å². The molecule has 0 radical (unpaired) electrons. The van der Waals surface area contributed by atoms with Gasteiger partial charge in [0, 0.05) is 21.2 Å². The maximum absolute atomic E-state index is 15.0. The van der Waals surface area contributed by atoms with Crippen LogP contribution in [0.3, 0.4) is 0 Å². The number of allylic oxidation sites excluding steroid dienone is 2. The van der Waals surface area contributed by atoms with Gasteiger partial charge in [-0.3, -0.25) is 14.5 Å². The molecule has 11 heteroatoms. The van der Waals surface area contributed by atoms with E-state index in [-0.39, 0.29) is 23.7 Å². The number of alkyl halides is 3. The molecule has 192 valence electrons. The highest BCUT2D eigenvalue weighted by molar-refractivity contribution is 7.80. The standard InChI is InChI=1S/C24H27ClF4N2O3S/c1-14(24(27,28)29)8-15(2)31(21(32)12-30)20-9-17(18(25)10-19(20)26)11-23(6-4-5-7-23)22(33)34-13-16(3)35/h8-10H,2,4-7,11-13,30H2,1,3H3/b14-8+. The van der Waals surface area contributed by atoms with Gasteiger partial charge in [0.1, 0.15) is 12.4 Å². The highest BCUT2D eigenvalue weighted by Gasteiger charge is 2.43. The van der Waals surface area contributed by atoms with Crippen molar-refractivity contribution < 1.29 is 31.9 Å². The average molecular weight is 535 g/mol. The summed E-state index contributed by atoms with van der Waals surface area (Å²) in [6.45, 7) is 5.35. The Morgan fingerprint density at radius 1 is 1.29 bits per heavy atom. The van der Waals surface area contributed by atoms with Crippen LogP contribution in [0.1, 0.15) is 45.1 Å². The number of carbonyl (C=O) groups excluding carboxylic acids is 2. The zero-order valence-electron chi connectivity index (χ0n) is 19.4. The fraction of sp³-hybridized carbons (Fsp3) is 0.458. The van der Waals surface area contributed by atoms with Crippen LogP contribution in [0.2, 0.25) is 5.02 Å². The van der Waals surface area contributed by atoms with Crippen LogP contribution < -0.4 is 10.6 Å². The maximum Gasteiger partial charge on any atom is 0.412 e. The Morgan fingerprint density at radius 3 is 2.40 bits per heavy atom. The summed E-state index contributed by atoms with van der Waals surface area (Å²) >= 11 is 11.3. The molecule has 0 aromatic heterocycles. The van der Waals surface area contributed by atoms with Crippen molar-refractivity contribution in [2.75, 3.05) is 18.1 Å². The summed E-state index contributed by atoms with van der Waals surface area (Å²) in [5.41, 5.74) is 3.03. The minimum atomic E-state index is -4.67. The third-order valence-electron chi connectivity index (χ3n) is 5.83. The summed E-state index contributed by atoms with van der Waals surface area (Å²) in [7, 11) is 0. The quantitative estimate of drug-likeness (QED) is 0.187. The van der Waals surface area contributed by atoms with Crippen LogP contribution in [0.15, 0.2) is 36.1 Å². The van der Waals surface area contributed by atoms with Crippen molar-refractivity contribution >= 4 is 46.2 Å². The molecule has 1 amide bonds. The molecule has 1 aromatic rings. The number of rotatable bonds is 9. The molecule has 1 aliphatic rings. The zero-order valence-corrected chi connectivity index (χ0v) is 21.0. The number of anilines is 1. The van der Waals surface area contributed by atoms with E-state index in [0.29, 0.717) is 34.2 Å². The molecule has 1 fully saturated rings. The van der Waals surface area contributed by atoms with E-state index < -0.39 is 47.1 Å². The first-order valence-electron chi connectivity index (χ1n) is 10.8. The molecule has 0 bridgehead atoms. The third kappa shape index (κ3) is 7.11. The van der Waals surface area contributed by atoms with E-state index in [1.165, 1.54) is 6.07 Å². The van der Waals surface area contributed by atoms with E-state index in [1.54, 1.807) is 6.92 Å². The lowest BCUT2D eigenvalue weighted by molar-refractivity contribution is -0.153. The highest BCUT2D eigenvalue weighted by Crippen LogP contribution is 2.44. The van der Waals surface area contributed by atoms with Gasteiger partial charge in [0.15, 0.2) is 0 Å². The molecule has 0 saturated heterocycles. The monoisotopic (exact) mass is 534 g/mol. The molecule has 1 aromatic carbocycles. The van der Waals surface area contributed by atoms with Gasteiger partial charge in [0.2, 0.25) is 5.91 Å². The molecule has 5 nitrogen and oxygen atoms in total. The number of halogens is 5. The molecule has 2 N–H and O–H groups in total. The van der Waals surface area contributed by atoms with Crippen LogP contribution in [0.5, 0.6) is 0 Å². The van der Waals surface area contributed by atoms with Gasteiger partial charge in [0.25, 0.3) is 0 Å². The topological polar surface area (TPSA) is 72.6 Å². The summed E-state index contributed by atoms with van der Waals surface area (Å²) in [4.78, 5) is 26.7. The normalized spacial score (nSPS) is 15.6. The van der Waals surface area contributed by atoms with Crippen molar-refractivity contribution in [3.05, 3.63) is 52.5 Å². The van der Waals surface area contributed by atoms with Crippen LogP contribution in [0.4, 0.5) is 23.2 Å². The van der Waals surface area contributed by atoms with Gasteiger partial charge in [0.05, 0.1) is 17.6 Å². The van der Waals surface area contributed by atoms with E-state index >= 15 is 0 Å². The maximum atomic E-state index is 15.0. The van der Waals surface area contributed by atoms with E-state index in [1.807, 2.05) is 0 Å². The predicted molar refractivity (Wildman–Crippen MR) is 131 cm³/mol. The van der Waals surface area contributed by atoms with Crippen molar-refractivity contribution in [2.45, 2.75) is 52.1 Å². The summed E-state index contributed by atoms with van der Waals surface area (Å²) in [5, 5.41) is 0.00381. The number of ether oxygens (including phenoxy) is 1. The Bertz CT molecular complexity index is 1050. The lowest BCUT2D eigenvalue weighted by atomic mass is 9.80. The number of nitrogens with zero attached hydrogens (tertiary/aromatic N) is 1. The number of amides is 1. The molecular formula is C24H27ClF4N2O3S. The minimum Gasteiger partial charge on any atom is -0.460 e. The van der Waals surface area contributed by atoms with Crippen LogP contribution in [-0.2, 0) is 20.7 Å². The number of hydrogen-bond donors (Lipinski definition) is 1. The fourth-order valence-electron chi connectivity index (χ4n) is 4.01. The Kier molecular flexibility index (Phi) is 9.61. The third-order valence-corrected chi connectivity index (χ3v) is 6.30. The molecule has 2 rings (SSSR count). The van der Waals surface area contributed by atoms with Crippen LogP contribution in [0, 0.1) is 11.2 Å². The largest absolute Gasteiger partial charge is 0.460 e. The molecule has 1 aliphatic carbocycles. The summed E-state index contributed by atoms with van der Waals surface area (Å²) in [5.74, 6) is -2.29. The van der Waals surface area contributed by atoms with Crippen molar-refractivity contribution in [1.29, 1.82) is 0 Å². The summed E-state index contributed by atoms with van der Waals surface area (Å²) in [6.07, 6.45) is -1.39. The number of nitrogens with two attached hydrogens (primary N) is 1. The smallest absolute Gasteiger partial charge is 0.412 e. The van der Waals surface area contributed by atoms with Crippen LogP contribution in [-0.4, -0.2) is 36.1 Å². The van der Waals surface area contributed by atoms with Gasteiger partial charge in [-0.15, -0.1) is 0 Å². The number of hydrogen-bond acceptors (Lipinski definition) is 5. The lowest BCUT2D eigenvalue weighted by Gasteiger charge is -2.29. The molecule has 0 unspecified atom stereocenters. The first-order chi connectivity index (χ1) is 16.2. The van der Waals surface area contributed by atoms with Crippen molar-refractivity contribution in [2.24, 2.45) is 11.1 Å². The highest BCUT2D eigenvalue weighted by atomic mass is 35.5. The van der Waals surface area contributed by atoms with Crippen LogP contribution in [0.25, 0.3) is 0 Å². The van der Waals surface area contributed by atoms with Gasteiger partial charge in [-0.05, 0) is 56.9 Å². The molecule has 0 spiro atoms. The fourth-order valence-corrected chi connectivity index (χ4v) is 4.29. The molecule has 35 heavy (non-hydrogen) atoms. The average Bonchev–Trinajstić information content (AvgIpc) is 3.24. The van der Waals surface area contributed by atoms with Gasteiger partial charge < -0.3 is 10.5 Å². The number of thiocarbonyl (C=S) groups is 1. The second-order valence-electron chi connectivity index (χ2n) is 8.59. The SMILES string of the molecule is C=C(/C=C(\C)C(F)(F)F)N(C(=O)CN)c1cc(CC2(C(=O)OCC(C)=S)CCCC2)c(Cl)cc1F. The Hall–Kier alpha value is -2.30. The van der Waals surface area contributed by atoms with Crippen molar-refractivity contribution in [3.8, 4) is 0 Å². The Morgan fingerprint density at radius 2 is 1.89 bits per heavy atom.